The molecule has 2 rings (SSSR count). The lowest BCUT2D eigenvalue weighted by molar-refractivity contribution is 0.0698. The Balaban J connectivity index is 2.38. The van der Waals surface area contributed by atoms with E-state index in [9.17, 15) is 18.3 Å². The van der Waals surface area contributed by atoms with Gasteiger partial charge in [0.25, 0.3) is 0 Å². The van der Waals surface area contributed by atoms with E-state index in [-0.39, 0.29) is 28.5 Å². The first kappa shape index (κ1) is 15.1. The largest absolute Gasteiger partial charge is 0.478 e. The fourth-order valence-electron chi connectivity index (χ4n) is 1.63. The number of carboxylic acid groups (broad SMARTS) is 1. The van der Waals surface area contributed by atoms with E-state index in [2.05, 4.69) is 9.68 Å². The highest BCUT2D eigenvalue weighted by molar-refractivity contribution is 7.61. The normalized spacial score (nSPS) is 10.1. The molecule has 0 unspecified atom stereocenters. The van der Waals surface area contributed by atoms with Crippen LogP contribution in [0.2, 0.25) is 5.02 Å². The van der Waals surface area contributed by atoms with Crippen LogP contribution in [0.5, 0.6) is 0 Å². The number of rotatable bonds is 5. The lowest BCUT2D eigenvalue weighted by atomic mass is 10.1. The van der Waals surface area contributed by atoms with Crippen molar-refractivity contribution in [2.75, 3.05) is 5.32 Å². The molecule has 2 aromatic rings. The van der Waals surface area contributed by atoms with Gasteiger partial charge in [0.2, 0.25) is 0 Å². The van der Waals surface area contributed by atoms with Crippen molar-refractivity contribution >= 4 is 39.4 Å². The number of benzene rings is 1. The Labute approximate surface area is 125 Å². The maximum atomic E-state index is 11.2. The number of hydrogen-bond donors (Lipinski definition) is 2. The van der Waals surface area contributed by atoms with Gasteiger partial charge in [0, 0.05) is 0 Å². The predicted octanol–water partition coefficient (Wildman–Crippen LogP) is 2.94. The zero-order chi connectivity index (χ0) is 15.4. The smallest absolute Gasteiger partial charge is 0.337 e. The van der Waals surface area contributed by atoms with Crippen molar-refractivity contribution < 1.29 is 22.7 Å². The maximum Gasteiger partial charge on any atom is 0.337 e. The van der Waals surface area contributed by atoms with Crippen molar-refractivity contribution in [2.45, 2.75) is 6.54 Å². The molecule has 2 N–H and O–H groups in total. The number of furan rings is 1. The molecule has 1 heterocycles. The predicted molar refractivity (Wildman–Crippen MR) is 75.5 cm³/mol. The van der Waals surface area contributed by atoms with E-state index < -0.39 is 16.5 Å². The van der Waals surface area contributed by atoms with Gasteiger partial charge in [-0.2, -0.15) is 8.42 Å². The van der Waals surface area contributed by atoms with Crippen LogP contribution in [-0.2, 0) is 17.0 Å². The first-order valence-electron chi connectivity index (χ1n) is 5.61. The monoisotopic (exact) mass is 328 g/mol. The van der Waals surface area contributed by atoms with E-state index in [0.29, 0.717) is 5.76 Å². The molecule has 1 aromatic heterocycles. The molecule has 0 amide bonds. The number of halogens is 1. The zero-order valence-corrected chi connectivity index (χ0v) is 12.0. The third-order valence-electron chi connectivity index (χ3n) is 2.52. The van der Waals surface area contributed by atoms with E-state index >= 15 is 0 Å². The van der Waals surface area contributed by atoms with Crippen molar-refractivity contribution in [1.29, 1.82) is 0 Å². The van der Waals surface area contributed by atoms with Crippen LogP contribution in [0, 0.1) is 0 Å². The Morgan fingerprint density at radius 3 is 2.76 bits per heavy atom. The van der Waals surface area contributed by atoms with Crippen molar-refractivity contribution in [2.24, 2.45) is 4.36 Å². The average molecular weight is 329 g/mol. The Hall–Kier alpha value is -2.32. The van der Waals surface area contributed by atoms with Crippen LogP contribution < -0.4 is 5.32 Å². The minimum Gasteiger partial charge on any atom is -0.478 e. The molecule has 0 bridgehead atoms. The summed E-state index contributed by atoms with van der Waals surface area (Å²) in [6.07, 6.45) is 1.49. The van der Waals surface area contributed by atoms with Crippen molar-refractivity contribution in [3.8, 4) is 0 Å². The first-order valence-corrected chi connectivity index (χ1v) is 7.02. The average Bonchev–Trinajstić information content (AvgIpc) is 2.91. The molecule has 0 saturated carbocycles. The Kier molecular flexibility index (Phi) is 4.61. The molecule has 0 saturated heterocycles. The number of anilines is 1. The van der Waals surface area contributed by atoms with Gasteiger partial charge in [-0.05, 0) is 24.3 Å². The van der Waals surface area contributed by atoms with E-state index in [4.69, 9.17) is 16.0 Å². The summed E-state index contributed by atoms with van der Waals surface area (Å²) in [5, 5.41) is 12.1. The second-order valence-electron chi connectivity index (χ2n) is 3.90. The standard InChI is InChI=1S/C12H9ClN2O5S/c13-9-5-10(14-6-7-2-1-3-20-7)8(12(16)17)4-11(9)15-21(18)19/h1-5,14H,6H2,(H,16,17). The zero-order valence-electron chi connectivity index (χ0n) is 10.4. The van der Waals surface area contributed by atoms with E-state index in [1.165, 1.54) is 12.3 Å². The number of nitrogens with zero attached hydrogens (tertiary/aromatic N) is 1. The summed E-state index contributed by atoms with van der Waals surface area (Å²) in [5.41, 5.74) is -0.0411. The van der Waals surface area contributed by atoms with Crippen molar-refractivity contribution in [1.82, 2.24) is 0 Å². The van der Waals surface area contributed by atoms with Crippen LogP contribution in [0.4, 0.5) is 11.4 Å². The molecule has 110 valence electrons. The second kappa shape index (κ2) is 6.42. The summed E-state index contributed by atoms with van der Waals surface area (Å²) in [4.78, 5) is 11.2. The first-order chi connectivity index (χ1) is 9.97. The van der Waals surface area contributed by atoms with Crippen LogP contribution in [0.15, 0.2) is 39.3 Å². The summed E-state index contributed by atoms with van der Waals surface area (Å²) in [6.45, 7) is 0.258. The molecule has 0 radical (unpaired) electrons. The van der Waals surface area contributed by atoms with Crippen LogP contribution >= 0.6 is 11.6 Å². The Bertz CT molecular complexity index is 791. The molecule has 21 heavy (non-hydrogen) atoms. The van der Waals surface area contributed by atoms with E-state index in [1.807, 2.05) is 0 Å². The summed E-state index contributed by atoms with van der Waals surface area (Å²) in [7, 11) is -2.72. The van der Waals surface area contributed by atoms with Crippen molar-refractivity contribution in [3.63, 3.8) is 0 Å². The summed E-state index contributed by atoms with van der Waals surface area (Å²) in [6, 6.07) is 5.82. The van der Waals surface area contributed by atoms with Gasteiger partial charge in [-0.3, -0.25) is 0 Å². The number of aromatic carboxylic acids is 1. The third-order valence-corrected chi connectivity index (χ3v) is 3.17. The Morgan fingerprint density at radius 2 is 2.19 bits per heavy atom. The van der Waals surface area contributed by atoms with Crippen molar-refractivity contribution in [3.05, 3.63) is 46.9 Å². The molecular formula is C12H9ClN2O5S. The second-order valence-corrected chi connectivity index (χ2v) is 4.92. The van der Waals surface area contributed by atoms with Crippen LogP contribution in [0.1, 0.15) is 16.1 Å². The number of carboxylic acids is 1. The van der Waals surface area contributed by atoms with Gasteiger partial charge < -0.3 is 14.8 Å². The molecule has 1 aromatic carbocycles. The summed E-state index contributed by atoms with van der Waals surface area (Å²) < 4.78 is 29.5. The lowest BCUT2D eigenvalue weighted by Crippen LogP contribution is -2.06. The molecule has 0 aliphatic carbocycles. The van der Waals surface area contributed by atoms with E-state index in [0.717, 1.165) is 6.07 Å². The van der Waals surface area contributed by atoms with Gasteiger partial charge in [0.1, 0.15) is 11.4 Å². The molecule has 0 atom stereocenters. The minimum atomic E-state index is -2.72. The lowest BCUT2D eigenvalue weighted by Gasteiger charge is -2.10. The summed E-state index contributed by atoms with van der Waals surface area (Å²) >= 11 is 5.89. The minimum absolute atomic E-state index is 0.0196. The van der Waals surface area contributed by atoms with Crippen LogP contribution in [-0.4, -0.2) is 19.5 Å². The fourth-order valence-corrected chi connectivity index (χ4v) is 2.20. The molecule has 0 aliphatic heterocycles. The van der Waals surface area contributed by atoms with Gasteiger partial charge in [0.05, 0.1) is 29.1 Å². The highest BCUT2D eigenvalue weighted by Crippen LogP contribution is 2.32. The Morgan fingerprint density at radius 1 is 1.43 bits per heavy atom. The highest BCUT2D eigenvalue weighted by atomic mass is 35.5. The molecule has 0 spiro atoms. The van der Waals surface area contributed by atoms with E-state index in [1.54, 1.807) is 12.1 Å². The van der Waals surface area contributed by atoms with Gasteiger partial charge in [-0.15, -0.1) is 4.36 Å². The highest BCUT2D eigenvalue weighted by Gasteiger charge is 2.14. The quantitative estimate of drug-likeness (QED) is 0.873. The molecule has 7 nitrogen and oxygen atoms in total. The van der Waals surface area contributed by atoms with Gasteiger partial charge >= 0.3 is 16.5 Å². The number of carbonyl (C=O) groups is 1. The molecule has 9 heteroatoms. The summed E-state index contributed by atoms with van der Waals surface area (Å²) in [5.74, 6) is -0.626. The number of hydrogen-bond acceptors (Lipinski definition) is 6. The molecule has 0 aliphatic rings. The van der Waals surface area contributed by atoms with Gasteiger partial charge in [-0.1, -0.05) is 11.6 Å². The van der Waals surface area contributed by atoms with Gasteiger partial charge in [-0.25, -0.2) is 4.79 Å². The van der Waals surface area contributed by atoms with Gasteiger partial charge in [0.15, 0.2) is 0 Å². The number of nitrogens with one attached hydrogen (secondary N) is 1. The fraction of sp³-hybridized carbons (Fsp3) is 0.0833. The molecule has 0 fully saturated rings. The van der Waals surface area contributed by atoms with Crippen LogP contribution in [0.3, 0.4) is 0 Å². The molecular weight excluding hydrogens is 320 g/mol. The van der Waals surface area contributed by atoms with Crippen LogP contribution in [0.25, 0.3) is 0 Å². The third kappa shape index (κ3) is 3.83. The maximum absolute atomic E-state index is 11.2. The SMILES string of the molecule is O=C(O)c1cc(N=S(=O)=O)c(Cl)cc1NCc1ccco1. The topological polar surface area (TPSA) is 109 Å².